The van der Waals surface area contributed by atoms with Crippen molar-refractivity contribution in [3.05, 3.63) is 12.7 Å². The summed E-state index contributed by atoms with van der Waals surface area (Å²) in [6, 6.07) is 0. The molecule has 0 fully saturated rings. The molecule has 0 aromatic heterocycles. The van der Waals surface area contributed by atoms with Crippen molar-refractivity contribution >= 4 is 11.9 Å². The van der Waals surface area contributed by atoms with E-state index in [4.69, 9.17) is 9.47 Å². The third-order valence-corrected chi connectivity index (χ3v) is 3.44. The number of carbonyl (C=O) groups is 2. The Hall–Kier alpha value is -2.24. The van der Waals surface area contributed by atoms with Gasteiger partial charge in [0.05, 0.1) is 0 Å². The van der Waals surface area contributed by atoms with Crippen molar-refractivity contribution in [1.29, 1.82) is 0 Å². The van der Waals surface area contributed by atoms with Gasteiger partial charge < -0.3 is 14.6 Å². The molecule has 3 atom stereocenters. The number of esters is 2. The van der Waals surface area contributed by atoms with E-state index in [1.807, 2.05) is 13.0 Å². The first-order chi connectivity index (χ1) is 12.4. The third kappa shape index (κ3) is 12.2. The molecule has 0 saturated heterocycles. The van der Waals surface area contributed by atoms with Gasteiger partial charge >= 0.3 is 11.9 Å². The van der Waals surface area contributed by atoms with Crippen molar-refractivity contribution in [3.8, 4) is 23.7 Å². The molecule has 0 rings (SSSR count). The molecular formula is C21H30O5. The first-order valence-corrected chi connectivity index (χ1v) is 9.04. The molecule has 0 aromatic carbocycles. The molecule has 0 radical (unpaired) electrons. The Labute approximate surface area is 157 Å². The Kier molecular flexibility index (Phi) is 13.8. The summed E-state index contributed by atoms with van der Waals surface area (Å²) in [5.74, 6) is 9.70. The zero-order chi connectivity index (χ0) is 19.8. The van der Waals surface area contributed by atoms with Crippen LogP contribution in [0.15, 0.2) is 12.7 Å². The van der Waals surface area contributed by atoms with Crippen molar-refractivity contribution in [2.75, 3.05) is 0 Å². The lowest BCUT2D eigenvalue weighted by atomic mass is 10.0. The molecule has 0 aliphatic rings. The van der Waals surface area contributed by atoms with Crippen LogP contribution in [-0.2, 0) is 19.1 Å². The van der Waals surface area contributed by atoms with E-state index in [0.717, 1.165) is 38.5 Å². The average molecular weight is 362 g/mol. The Bertz CT molecular complexity index is 558. The monoisotopic (exact) mass is 362 g/mol. The second kappa shape index (κ2) is 15.0. The third-order valence-electron chi connectivity index (χ3n) is 3.44. The molecule has 5 heteroatoms. The molecular weight excluding hydrogens is 332 g/mol. The highest BCUT2D eigenvalue weighted by molar-refractivity contribution is 5.67. The normalized spacial score (nSPS) is 13.1. The average Bonchev–Trinajstić information content (AvgIpc) is 2.58. The predicted octanol–water partition coefficient (Wildman–Crippen LogP) is 3.15. The number of allylic oxidation sites excluding steroid dienone is 1. The van der Waals surface area contributed by atoms with Gasteiger partial charge in [-0.25, -0.2) is 0 Å². The van der Waals surface area contributed by atoms with E-state index >= 15 is 0 Å². The number of carbonyl (C=O) groups excluding carboxylic acids is 2. The minimum Gasteiger partial charge on any atom is -0.460 e. The highest BCUT2D eigenvalue weighted by atomic mass is 16.6. The lowest BCUT2D eigenvalue weighted by molar-refractivity contribution is -0.163. The van der Waals surface area contributed by atoms with Gasteiger partial charge in [-0.1, -0.05) is 25.3 Å². The van der Waals surface area contributed by atoms with E-state index in [-0.39, 0.29) is 0 Å². The molecule has 0 bridgehead atoms. The number of aliphatic hydroxyl groups is 1. The fourth-order valence-electron chi connectivity index (χ4n) is 2.22. The van der Waals surface area contributed by atoms with E-state index in [0.29, 0.717) is 6.42 Å². The van der Waals surface area contributed by atoms with Gasteiger partial charge in [-0.15, -0.1) is 6.58 Å². The second-order valence-electron chi connectivity index (χ2n) is 5.92. The summed E-state index contributed by atoms with van der Waals surface area (Å²) < 4.78 is 10.3. The van der Waals surface area contributed by atoms with Gasteiger partial charge in [0.2, 0.25) is 0 Å². The van der Waals surface area contributed by atoms with Crippen molar-refractivity contribution in [2.24, 2.45) is 0 Å². The molecule has 0 aliphatic carbocycles. The highest BCUT2D eigenvalue weighted by Crippen LogP contribution is 2.16. The van der Waals surface area contributed by atoms with Crippen molar-refractivity contribution in [1.82, 2.24) is 0 Å². The molecule has 0 heterocycles. The fourth-order valence-corrected chi connectivity index (χ4v) is 2.22. The van der Waals surface area contributed by atoms with Crippen LogP contribution < -0.4 is 0 Å². The summed E-state index contributed by atoms with van der Waals surface area (Å²) in [7, 11) is 0. The molecule has 0 spiro atoms. The summed E-state index contributed by atoms with van der Waals surface area (Å²) in [6.07, 6.45) is 4.40. The highest BCUT2D eigenvalue weighted by Gasteiger charge is 2.31. The molecule has 5 nitrogen and oxygen atoms in total. The Morgan fingerprint density at radius 2 is 1.81 bits per heavy atom. The van der Waals surface area contributed by atoms with Crippen LogP contribution in [-0.4, -0.2) is 35.4 Å². The van der Waals surface area contributed by atoms with Crippen LogP contribution in [0, 0.1) is 23.7 Å². The fraction of sp³-hybridized carbons (Fsp3) is 0.619. The van der Waals surface area contributed by atoms with Crippen LogP contribution in [0.5, 0.6) is 0 Å². The van der Waals surface area contributed by atoms with E-state index in [1.165, 1.54) is 13.8 Å². The van der Waals surface area contributed by atoms with Crippen LogP contribution in [0.3, 0.4) is 0 Å². The summed E-state index contributed by atoms with van der Waals surface area (Å²) in [4.78, 5) is 22.7. The first kappa shape index (κ1) is 23.8. The molecule has 1 N–H and O–H groups in total. The number of aliphatic hydroxyl groups excluding tert-OH is 1. The largest absolute Gasteiger partial charge is 0.460 e. The van der Waals surface area contributed by atoms with Gasteiger partial charge in [-0.2, -0.15) is 0 Å². The smallest absolute Gasteiger partial charge is 0.303 e. The lowest BCUT2D eigenvalue weighted by Crippen LogP contribution is -2.41. The zero-order valence-electron chi connectivity index (χ0n) is 16.0. The van der Waals surface area contributed by atoms with E-state index in [2.05, 4.69) is 30.3 Å². The van der Waals surface area contributed by atoms with Crippen LogP contribution in [0.25, 0.3) is 0 Å². The van der Waals surface area contributed by atoms with Gasteiger partial charge in [0.15, 0.2) is 6.10 Å². The Morgan fingerprint density at radius 1 is 1.12 bits per heavy atom. The summed E-state index contributed by atoms with van der Waals surface area (Å²) in [6.45, 7) is 8.20. The SMILES string of the molecule is C=CCCCCC[C@H](OC(C)=O)[C@@H](O)[C@@H](C#CC#CCCC)OC(C)=O. The lowest BCUT2D eigenvalue weighted by Gasteiger charge is -2.26. The van der Waals surface area contributed by atoms with Gasteiger partial charge in [0.25, 0.3) is 0 Å². The Morgan fingerprint density at radius 3 is 2.38 bits per heavy atom. The van der Waals surface area contributed by atoms with Crippen molar-refractivity contribution < 1.29 is 24.2 Å². The number of hydrogen-bond acceptors (Lipinski definition) is 5. The van der Waals surface area contributed by atoms with Crippen LogP contribution >= 0.6 is 0 Å². The van der Waals surface area contributed by atoms with Gasteiger partial charge in [-0.05, 0) is 49.9 Å². The standard InChI is InChI=1S/C21H30O5/c1-5-7-9-11-13-15-19(25-17(3)22)21(24)20(26-18(4)23)16-14-12-10-8-6-2/h5,19-21,24H,1,6-9,11,13,15H2,2-4H3/t19-,20+,21+/m0/s1. The minimum atomic E-state index is -1.23. The summed E-state index contributed by atoms with van der Waals surface area (Å²) in [5.41, 5.74) is 0. The molecule has 26 heavy (non-hydrogen) atoms. The first-order valence-electron chi connectivity index (χ1n) is 9.04. The van der Waals surface area contributed by atoms with Gasteiger partial charge in [-0.3, -0.25) is 9.59 Å². The second-order valence-corrected chi connectivity index (χ2v) is 5.92. The van der Waals surface area contributed by atoms with E-state index in [1.54, 1.807) is 0 Å². The number of hydrogen-bond donors (Lipinski definition) is 1. The molecule has 0 aliphatic heterocycles. The number of rotatable bonds is 11. The Balaban J connectivity index is 5.04. The van der Waals surface area contributed by atoms with E-state index in [9.17, 15) is 14.7 Å². The predicted molar refractivity (Wildman–Crippen MR) is 101 cm³/mol. The van der Waals surface area contributed by atoms with Crippen LogP contribution in [0.1, 0.15) is 65.7 Å². The molecule has 0 aromatic rings. The van der Waals surface area contributed by atoms with Gasteiger partial charge in [0, 0.05) is 20.3 Å². The van der Waals surface area contributed by atoms with Crippen molar-refractivity contribution in [3.63, 3.8) is 0 Å². The maximum atomic E-state index is 11.4. The maximum absolute atomic E-state index is 11.4. The molecule has 144 valence electrons. The maximum Gasteiger partial charge on any atom is 0.303 e. The van der Waals surface area contributed by atoms with E-state index < -0.39 is 30.3 Å². The molecule has 0 amide bonds. The van der Waals surface area contributed by atoms with Crippen molar-refractivity contribution in [2.45, 2.75) is 84.0 Å². The summed E-state index contributed by atoms with van der Waals surface area (Å²) in [5, 5.41) is 10.6. The van der Waals surface area contributed by atoms with Crippen LogP contribution in [0.2, 0.25) is 0 Å². The van der Waals surface area contributed by atoms with Crippen LogP contribution in [0.4, 0.5) is 0 Å². The molecule has 0 unspecified atom stereocenters. The van der Waals surface area contributed by atoms with Gasteiger partial charge in [0.1, 0.15) is 12.2 Å². The number of ether oxygens (including phenoxy) is 2. The quantitative estimate of drug-likeness (QED) is 0.265. The summed E-state index contributed by atoms with van der Waals surface area (Å²) >= 11 is 0. The number of unbranched alkanes of at least 4 members (excludes halogenated alkanes) is 4. The molecule has 0 saturated carbocycles. The topological polar surface area (TPSA) is 72.8 Å². The zero-order valence-corrected chi connectivity index (χ0v) is 16.0. The minimum absolute atomic E-state index is 0.457.